The lowest BCUT2D eigenvalue weighted by Gasteiger charge is -2.36. The molecule has 2 amide bonds. The molecule has 10 nitrogen and oxygen atoms in total. The van der Waals surface area contributed by atoms with Crippen molar-refractivity contribution in [1.29, 1.82) is 0 Å². The van der Waals surface area contributed by atoms with Crippen molar-refractivity contribution in [3.05, 3.63) is 47.2 Å². The molecule has 3 aromatic rings. The number of fused-ring (bicyclic) bond motifs is 1. The Kier molecular flexibility index (Phi) is 5.83. The van der Waals surface area contributed by atoms with E-state index in [-0.39, 0.29) is 24.8 Å². The molecule has 35 heavy (non-hydrogen) atoms. The minimum absolute atomic E-state index is 0.0612. The largest absolute Gasteiger partial charge is 0.460 e. The lowest BCUT2D eigenvalue weighted by Crippen LogP contribution is -2.42. The lowest BCUT2D eigenvalue weighted by molar-refractivity contribution is -0.145. The summed E-state index contributed by atoms with van der Waals surface area (Å²) in [4.78, 5) is 50.1. The zero-order valence-electron chi connectivity index (χ0n) is 19.4. The molecular weight excluding hydrogens is 475 g/mol. The molecule has 1 aromatic carbocycles. The maximum atomic E-state index is 13.4. The average molecular weight is 499 g/mol. The van der Waals surface area contributed by atoms with Gasteiger partial charge < -0.3 is 14.2 Å². The number of benzene rings is 1. The number of nitrogens with zero attached hydrogens (tertiary/aromatic N) is 6. The van der Waals surface area contributed by atoms with Gasteiger partial charge in [0.15, 0.2) is 16.6 Å². The van der Waals surface area contributed by atoms with Crippen LogP contribution in [0.3, 0.4) is 0 Å². The molecule has 12 heteroatoms. The predicted octanol–water partition coefficient (Wildman–Crippen LogP) is 2.73. The highest BCUT2D eigenvalue weighted by Gasteiger charge is 2.41. The molecule has 182 valence electrons. The van der Waals surface area contributed by atoms with E-state index in [1.807, 2.05) is 11.5 Å². The Morgan fingerprint density at radius 3 is 2.57 bits per heavy atom. The van der Waals surface area contributed by atoms with Crippen molar-refractivity contribution in [3.8, 4) is 10.8 Å². The van der Waals surface area contributed by atoms with Crippen molar-refractivity contribution < 1.29 is 23.5 Å². The van der Waals surface area contributed by atoms with Crippen LogP contribution in [0.25, 0.3) is 10.8 Å². The molecule has 5 rings (SSSR count). The van der Waals surface area contributed by atoms with E-state index in [1.54, 1.807) is 11.8 Å². The zero-order valence-corrected chi connectivity index (χ0v) is 20.2. The number of rotatable bonds is 4. The summed E-state index contributed by atoms with van der Waals surface area (Å²) in [7, 11) is 0. The number of carbonyl (C=O) groups is 3. The van der Waals surface area contributed by atoms with Gasteiger partial charge in [-0.25, -0.2) is 14.4 Å². The van der Waals surface area contributed by atoms with E-state index in [9.17, 15) is 18.8 Å². The summed E-state index contributed by atoms with van der Waals surface area (Å²) >= 11 is 1.21. The SMILES string of the molecule is CC(=O)O[C@@H]1CC(=O)N(c2nc(-c3nc(C)ns3)n3c2[C@@H](C)N(C(=O)c2ccc(F)cc2)CC3)C1. The highest BCUT2D eigenvalue weighted by atomic mass is 32.1. The molecule has 0 saturated carbocycles. The standard InChI is InChI=1S/C23H23FN6O4S/c1-12-19-20(30-11-17(10-18(30)32)34-14(3)31)26-21(22-25-13(2)27-35-22)29(19)9-8-28(12)23(33)15-4-6-16(24)7-5-15/h4-7,12,17H,8-11H2,1-3H3/t12-,17-/m1/s1. The average Bonchev–Trinajstić information content (AvgIpc) is 3.50. The second-order valence-corrected chi connectivity index (χ2v) is 9.32. The van der Waals surface area contributed by atoms with Gasteiger partial charge in [0.05, 0.1) is 24.7 Å². The van der Waals surface area contributed by atoms with E-state index in [0.717, 1.165) is 0 Å². The van der Waals surface area contributed by atoms with Crippen LogP contribution >= 0.6 is 11.5 Å². The summed E-state index contributed by atoms with van der Waals surface area (Å²) in [5.74, 6) is 0.280. The Morgan fingerprint density at radius 1 is 1.17 bits per heavy atom. The van der Waals surface area contributed by atoms with Crippen LogP contribution in [0.15, 0.2) is 24.3 Å². The summed E-state index contributed by atoms with van der Waals surface area (Å²) in [6.45, 7) is 5.98. The van der Waals surface area contributed by atoms with E-state index in [4.69, 9.17) is 9.72 Å². The summed E-state index contributed by atoms with van der Waals surface area (Å²) in [5, 5.41) is 0.615. The Labute approximate surface area is 204 Å². The third kappa shape index (κ3) is 4.18. The van der Waals surface area contributed by atoms with E-state index in [2.05, 4.69) is 9.36 Å². The molecule has 1 fully saturated rings. The van der Waals surface area contributed by atoms with E-state index < -0.39 is 23.9 Å². The van der Waals surface area contributed by atoms with Crippen LogP contribution in [0.4, 0.5) is 10.2 Å². The number of halogens is 1. The van der Waals surface area contributed by atoms with Gasteiger partial charge in [-0.1, -0.05) is 0 Å². The number of imidazole rings is 1. The fraction of sp³-hybridized carbons (Fsp3) is 0.391. The second kappa shape index (κ2) is 8.84. The molecule has 2 atom stereocenters. The van der Waals surface area contributed by atoms with Gasteiger partial charge in [0, 0.05) is 25.6 Å². The number of amides is 2. The Bertz CT molecular complexity index is 1320. The van der Waals surface area contributed by atoms with Crippen molar-refractivity contribution in [1.82, 2.24) is 23.8 Å². The smallest absolute Gasteiger partial charge is 0.302 e. The molecule has 2 aliphatic heterocycles. The number of anilines is 1. The van der Waals surface area contributed by atoms with Gasteiger partial charge in [-0.15, -0.1) is 0 Å². The molecule has 0 radical (unpaired) electrons. The monoisotopic (exact) mass is 498 g/mol. The number of aryl methyl sites for hydroxylation is 1. The zero-order chi connectivity index (χ0) is 24.9. The maximum Gasteiger partial charge on any atom is 0.302 e. The third-order valence-corrected chi connectivity index (χ3v) is 6.97. The number of hydrogen-bond donors (Lipinski definition) is 0. The van der Waals surface area contributed by atoms with Gasteiger partial charge in [-0.05, 0) is 49.6 Å². The van der Waals surface area contributed by atoms with Crippen LogP contribution in [0.5, 0.6) is 0 Å². The predicted molar refractivity (Wildman–Crippen MR) is 124 cm³/mol. The second-order valence-electron chi connectivity index (χ2n) is 8.56. The highest BCUT2D eigenvalue weighted by Crippen LogP contribution is 2.39. The van der Waals surface area contributed by atoms with Crippen LogP contribution in [0.2, 0.25) is 0 Å². The topological polar surface area (TPSA) is 111 Å². The van der Waals surface area contributed by atoms with E-state index in [0.29, 0.717) is 46.8 Å². The fourth-order valence-electron chi connectivity index (χ4n) is 4.62. The minimum Gasteiger partial charge on any atom is -0.460 e. The van der Waals surface area contributed by atoms with E-state index >= 15 is 0 Å². The van der Waals surface area contributed by atoms with Crippen molar-refractivity contribution in [2.24, 2.45) is 0 Å². The molecule has 2 aliphatic rings. The van der Waals surface area contributed by atoms with Crippen molar-refractivity contribution in [2.45, 2.75) is 45.9 Å². The Morgan fingerprint density at radius 2 is 1.91 bits per heavy atom. The summed E-state index contributed by atoms with van der Waals surface area (Å²) < 4.78 is 24.9. The van der Waals surface area contributed by atoms with Crippen LogP contribution in [-0.2, 0) is 20.9 Å². The number of hydrogen-bond acceptors (Lipinski definition) is 8. The van der Waals surface area contributed by atoms with Crippen LogP contribution in [0, 0.1) is 12.7 Å². The molecule has 4 heterocycles. The van der Waals surface area contributed by atoms with Gasteiger partial charge in [0.2, 0.25) is 5.91 Å². The Balaban J connectivity index is 1.55. The van der Waals surface area contributed by atoms with E-state index in [1.165, 1.54) is 47.6 Å². The summed E-state index contributed by atoms with van der Waals surface area (Å²) in [6, 6.07) is 4.99. The molecule has 2 aromatic heterocycles. The van der Waals surface area contributed by atoms with Crippen molar-refractivity contribution in [2.75, 3.05) is 18.0 Å². The fourth-order valence-corrected chi connectivity index (χ4v) is 5.29. The van der Waals surface area contributed by atoms with Crippen LogP contribution in [0.1, 0.15) is 48.2 Å². The Hall–Kier alpha value is -3.67. The highest BCUT2D eigenvalue weighted by molar-refractivity contribution is 7.09. The molecule has 0 aliphatic carbocycles. The van der Waals surface area contributed by atoms with Crippen LogP contribution < -0.4 is 4.90 Å². The molecule has 0 N–H and O–H groups in total. The molecular formula is C23H23FN6O4S. The molecule has 0 unspecified atom stereocenters. The van der Waals surface area contributed by atoms with Gasteiger partial charge in [-0.3, -0.25) is 19.3 Å². The first-order chi connectivity index (χ1) is 16.7. The number of carbonyl (C=O) groups excluding carboxylic acids is 3. The van der Waals surface area contributed by atoms with Gasteiger partial charge in [0.1, 0.15) is 17.7 Å². The van der Waals surface area contributed by atoms with Crippen molar-refractivity contribution in [3.63, 3.8) is 0 Å². The normalized spacial score (nSPS) is 19.7. The van der Waals surface area contributed by atoms with Gasteiger partial charge in [0.25, 0.3) is 5.91 Å². The lowest BCUT2D eigenvalue weighted by atomic mass is 10.1. The summed E-state index contributed by atoms with van der Waals surface area (Å²) in [6.07, 6.45) is -0.508. The minimum atomic E-state index is -0.569. The van der Waals surface area contributed by atoms with Gasteiger partial charge >= 0.3 is 5.97 Å². The molecule has 1 saturated heterocycles. The number of ether oxygens (including phenoxy) is 1. The first kappa shape index (κ1) is 23.1. The first-order valence-electron chi connectivity index (χ1n) is 11.2. The number of esters is 1. The first-order valence-corrected chi connectivity index (χ1v) is 12.0. The summed E-state index contributed by atoms with van der Waals surface area (Å²) in [5.41, 5.74) is 1.06. The quantitative estimate of drug-likeness (QED) is 0.509. The molecule has 0 spiro atoms. The number of aromatic nitrogens is 4. The molecule has 0 bridgehead atoms. The third-order valence-electron chi connectivity index (χ3n) is 6.16. The maximum absolute atomic E-state index is 13.4. The van der Waals surface area contributed by atoms with Gasteiger partial charge in [-0.2, -0.15) is 4.37 Å². The van der Waals surface area contributed by atoms with Crippen molar-refractivity contribution >= 4 is 35.1 Å². The van der Waals surface area contributed by atoms with Crippen LogP contribution in [-0.4, -0.2) is 60.8 Å².